The molecule has 2 N–H and O–H groups in total. The SMILES string of the molecule is CCc1c(-c2ccnc(Cl)c2)[nH]c2ccc(C3CCNCC3)cc12. The molecule has 0 amide bonds. The van der Waals surface area contributed by atoms with Crippen LogP contribution in [0.4, 0.5) is 0 Å². The van der Waals surface area contributed by atoms with Crippen molar-refractivity contribution in [1.29, 1.82) is 0 Å². The second-order valence-corrected chi connectivity index (χ2v) is 6.92. The van der Waals surface area contributed by atoms with Crippen molar-refractivity contribution in [3.63, 3.8) is 0 Å². The molecule has 24 heavy (non-hydrogen) atoms. The van der Waals surface area contributed by atoms with Crippen LogP contribution in [0.15, 0.2) is 36.5 Å². The zero-order valence-corrected chi connectivity index (χ0v) is 14.7. The van der Waals surface area contributed by atoms with Crippen LogP contribution in [0, 0.1) is 0 Å². The summed E-state index contributed by atoms with van der Waals surface area (Å²) < 4.78 is 0. The number of benzene rings is 1. The molecule has 3 nitrogen and oxygen atoms in total. The summed E-state index contributed by atoms with van der Waals surface area (Å²) in [5.41, 5.74) is 6.30. The second-order valence-electron chi connectivity index (χ2n) is 6.53. The van der Waals surface area contributed by atoms with Crippen LogP contribution in [0.5, 0.6) is 0 Å². The third-order valence-electron chi connectivity index (χ3n) is 5.11. The van der Waals surface area contributed by atoms with Crippen LogP contribution in [-0.4, -0.2) is 23.1 Å². The van der Waals surface area contributed by atoms with Crippen LogP contribution in [0.1, 0.15) is 36.8 Å². The Hall–Kier alpha value is -1.84. The van der Waals surface area contributed by atoms with Crippen molar-refractivity contribution in [2.24, 2.45) is 0 Å². The molecule has 1 aromatic carbocycles. The van der Waals surface area contributed by atoms with E-state index in [2.05, 4.69) is 40.4 Å². The predicted octanol–water partition coefficient (Wildman–Crippen LogP) is 4.91. The molecule has 0 bridgehead atoms. The van der Waals surface area contributed by atoms with Gasteiger partial charge in [0.15, 0.2) is 0 Å². The average molecular weight is 340 g/mol. The van der Waals surface area contributed by atoms with Gasteiger partial charge in [-0.15, -0.1) is 0 Å². The van der Waals surface area contributed by atoms with Crippen LogP contribution < -0.4 is 5.32 Å². The van der Waals surface area contributed by atoms with E-state index in [1.165, 1.54) is 40.6 Å². The molecule has 1 fully saturated rings. The zero-order chi connectivity index (χ0) is 16.5. The Kier molecular flexibility index (Phi) is 4.30. The first kappa shape index (κ1) is 15.7. The van der Waals surface area contributed by atoms with E-state index in [0.717, 1.165) is 25.1 Å². The van der Waals surface area contributed by atoms with Crippen LogP contribution in [-0.2, 0) is 6.42 Å². The Morgan fingerprint density at radius 2 is 2.00 bits per heavy atom. The Labute approximate surface area is 147 Å². The van der Waals surface area contributed by atoms with Crippen molar-refractivity contribution in [3.05, 3.63) is 52.8 Å². The molecule has 3 heterocycles. The molecular formula is C20H22ClN3. The number of halogens is 1. The third kappa shape index (κ3) is 2.83. The average Bonchev–Trinajstić information content (AvgIpc) is 3.00. The number of rotatable bonds is 3. The molecule has 4 rings (SSSR count). The first-order valence-corrected chi connectivity index (χ1v) is 9.11. The first-order chi connectivity index (χ1) is 11.8. The highest BCUT2D eigenvalue weighted by Gasteiger charge is 2.18. The molecule has 124 valence electrons. The summed E-state index contributed by atoms with van der Waals surface area (Å²) in [6, 6.07) is 10.9. The van der Waals surface area contributed by atoms with Gasteiger partial charge in [0.2, 0.25) is 0 Å². The molecule has 3 aromatic rings. The molecule has 0 saturated carbocycles. The van der Waals surface area contributed by atoms with Crippen molar-refractivity contribution in [3.8, 4) is 11.3 Å². The number of nitrogens with zero attached hydrogens (tertiary/aromatic N) is 1. The van der Waals surface area contributed by atoms with E-state index >= 15 is 0 Å². The number of aryl methyl sites for hydroxylation is 1. The summed E-state index contributed by atoms with van der Waals surface area (Å²) in [5.74, 6) is 0.675. The van der Waals surface area contributed by atoms with Crippen molar-refractivity contribution in [2.75, 3.05) is 13.1 Å². The van der Waals surface area contributed by atoms with Gasteiger partial charge in [0.1, 0.15) is 5.15 Å². The van der Waals surface area contributed by atoms with E-state index in [0.29, 0.717) is 11.1 Å². The molecule has 0 aliphatic carbocycles. The largest absolute Gasteiger partial charge is 0.354 e. The lowest BCUT2D eigenvalue weighted by molar-refractivity contribution is 0.460. The summed E-state index contributed by atoms with van der Waals surface area (Å²) in [4.78, 5) is 7.69. The zero-order valence-electron chi connectivity index (χ0n) is 13.9. The maximum Gasteiger partial charge on any atom is 0.129 e. The minimum Gasteiger partial charge on any atom is -0.354 e. The standard InChI is InChI=1S/C20H22ClN3/c1-2-16-17-11-14(13-5-8-22-9-6-13)3-4-18(17)24-20(16)15-7-10-23-19(21)12-15/h3-4,7,10-13,22,24H,2,5-6,8-9H2,1H3. The molecular weight excluding hydrogens is 318 g/mol. The Balaban J connectivity index is 1.82. The van der Waals surface area contributed by atoms with Gasteiger partial charge in [-0.2, -0.15) is 0 Å². The molecule has 0 spiro atoms. The highest BCUT2D eigenvalue weighted by atomic mass is 35.5. The van der Waals surface area contributed by atoms with Crippen molar-refractivity contribution >= 4 is 22.5 Å². The summed E-state index contributed by atoms with van der Waals surface area (Å²) in [6.07, 6.45) is 5.21. The molecule has 1 saturated heterocycles. The van der Waals surface area contributed by atoms with Crippen LogP contribution in [0.25, 0.3) is 22.2 Å². The summed E-state index contributed by atoms with van der Waals surface area (Å²) in [6.45, 7) is 4.46. The van der Waals surface area contributed by atoms with Gasteiger partial charge >= 0.3 is 0 Å². The molecule has 1 aliphatic rings. The number of aromatic nitrogens is 2. The first-order valence-electron chi connectivity index (χ1n) is 8.73. The van der Waals surface area contributed by atoms with Crippen molar-refractivity contribution in [2.45, 2.75) is 32.1 Å². The smallest absolute Gasteiger partial charge is 0.129 e. The number of fused-ring (bicyclic) bond motifs is 1. The van der Waals surface area contributed by atoms with Gasteiger partial charge in [0.25, 0.3) is 0 Å². The van der Waals surface area contributed by atoms with Gasteiger partial charge < -0.3 is 10.3 Å². The summed E-state index contributed by atoms with van der Waals surface area (Å²) >= 11 is 6.08. The topological polar surface area (TPSA) is 40.7 Å². The van der Waals surface area contributed by atoms with Crippen molar-refractivity contribution < 1.29 is 0 Å². The van der Waals surface area contributed by atoms with Crippen LogP contribution >= 0.6 is 11.6 Å². The number of H-pyrrole nitrogens is 1. The lowest BCUT2D eigenvalue weighted by atomic mass is 9.89. The van der Waals surface area contributed by atoms with E-state index in [4.69, 9.17) is 11.6 Å². The van der Waals surface area contributed by atoms with Crippen molar-refractivity contribution in [1.82, 2.24) is 15.3 Å². The number of nitrogens with one attached hydrogen (secondary N) is 2. The predicted molar refractivity (Wildman–Crippen MR) is 101 cm³/mol. The fourth-order valence-corrected chi connectivity index (χ4v) is 4.02. The quantitative estimate of drug-likeness (QED) is 0.665. The lowest BCUT2D eigenvalue weighted by Crippen LogP contribution is -2.26. The van der Waals surface area contributed by atoms with Crippen LogP contribution in [0.2, 0.25) is 5.15 Å². The monoisotopic (exact) mass is 339 g/mol. The molecule has 0 radical (unpaired) electrons. The molecule has 0 unspecified atom stereocenters. The number of piperidine rings is 1. The van der Waals surface area contributed by atoms with E-state index in [1.807, 2.05) is 12.1 Å². The summed E-state index contributed by atoms with van der Waals surface area (Å²) in [5, 5.41) is 5.33. The minimum absolute atomic E-state index is 0.531. The fourth-order valence-electron chi connectivity index (χ4n) is 3.85. The van der Waals surface area contributed by atoms with Gasteiger partial charge in [0.05, 0.1) is 0 Å². The molecule has 4 heteroatoms. The normalized spacial score (nSPS) is 15.9. The molecule has 2 aromatic heterocycles. The Bertz CT molecular complexity index is 862. The van der Waals surface area contributed by atoms with Gasteiger partial charge in [-0.1, -0.05) is 24.6 Å². The van der Waals surface area contributed by atoms with Gasteiger partial charge in [-0.05, 0) is 73.7 Å². The number of aromatic amines is 1. The Morgan fingerprint density at radius 3 is 2.75 bits per heavy atom. The van der Waals surface area contributed by atoms with Gasteiger partial charge in [0, 0.05) is 28.4 Å². The Morgan fingerprint density at radius 1 is 1.17 bits per heavy atom. The maximum atomic E-state index is 6.08. The number of pyridine rings is 1. The minimum atomic E-state index is 0.531. The van der Waals surface area contributed by atoms with Gasteiger partial charge in [-0.3, -0.25) is 0 Å². The van der Waals surface area contributed by atoms with E-state index in [9.17, 15) is 0 Å². The third-order valence-corrected chi connectivity index (χ3v) is 5.32. The fraction of sp³-hybridized carbons (Fsp3) is 0.350. The highest BCUT2D eigenvalue weighted by Crippen LogP contribution is 2.34. The maximum absolute atomic E-state index is 6.08. The molecule has 1 aliphatic heterocycles. The summed E-state index contributed by atoms with van der Waals surface area (Å²) in [7, 11) is 0. The number of hydrogen-bond donors (Lipinski definition) is 2. The highest BCUT2D eigenvalue weighted by molar-refractivity contribution is 6.29. The second kappa shape index (κ2) is 6.58. The van der Waals surface area contributed by atoms with E-state index in [-0.39, 0.29) is 0 Å². The number of hydrogen-bond acceptors (Lipinski definition) is 2. The molecule has 0 atom stereocenters. The van der Waals surface area contributed by atoms with E-state index in [1.54, 1.807) is 6.20 Å². The lowest BCUT2D eigenvalue weighted by Gasteiger charge is -2.23. The van der Waals surface area contributed by atoms with E-state index < -0.39 is 0 Å². The van der Waals surface area contributed by atoms with Crippen LogP contribution in [0.3, 0.4) is 0 Å². The van der Waals surface area contributed by atoms with Gasteiger partial charge in [-0.25, -0.2) is 4.98 Å².